The average molecular weight is 612 g/mol. The summed E-state index contributed by atoms with van der Waals surface area (Å²) in [5.41, 5.74) is 1.20. The van der Waals surface area contributed by atoms with Gasteiger partial charge in [-0.2, -0.15) is 0 Å². The van der Waals surface area contributed by atoms with Crippen molar-refractivity contribution in [1.29, 1.82) is 0 Å². The van der Waals surface area contributed by atoms with Gasteiger partial charge < -0.3 is 19.5 Å². The van der Waals surface area contributed by atoms with E-state index in [0.29, 0.717) is 19.4 Å². The van der Waals surface area contributed by atoms with Crippen LogP contribution in [0.15, 0.2) is 30.3 Å². The summed E-state index contributed by atoms with van der Waals surface area (Å²) in [6.07, 6.45) is 7.79. The van der Waals surface area contributed by atoms with Crippen LogP contribution in [0.25, 0.3) is 0 Å². The summed E-state index contributed by atoms with van der Waals surface area (Å²) < 4.78 is 26.5. The molecule has 1 N–H and O–H groups in total. The van der Waals surface area contributed by atoms with E-state index in [1.165, 1.54) is 10.5 Å². The number of carboxylic acid groups (broad SMARTS) is 1. The lowest BCUT2D eigenvalue weighted by Gasteiger charge is -2.33. The molecule has 40 heavy (non-hydrogen) atoms. The number of carbonyl (C=O) groups excluding carboxylic acids is 2. The topological polar surface area (TPSA) is 110 Å². The lowest BCUT2D eigenvalue weighted by molar-refractivity contribution is -0.147. The van der Waals surface area contributed by atoms with E-state index in [1.807, 2.05) is 18.2 Å². The standard InChI is InChI=1S/C29H42NO7PS2/c31-15-9-16-36-28(24-13-5-2-6-14-24)37-38(35,17-8-7-12-23-10-3-1-4-11-23)21-26(32)30-22-29(39-18-19-40-29)20-25(30)27(33)34/h1,3-4,10-11,15,24-25,28H,2,5-9,12-14,16-22H2,(H,33,34)/t25?,28-,38?/m0/s1. The molecule has 3 atom stereocenters. The van der Waals surface area contributed by atoms with E-state index in [1.54, 1.807) is 23.5 Å². The van der Waals surface area contributed by atoms with Gasteiger partial charge >= 0.3 is 5.97 Å². The van der Waals surface area contributed by atoms with Crippen molar-refractivity contribution in [2.75, 3.05) is 37.0 Å². The van der Waals surface area contributed by atoms with Gasteiger partial charge in [0.1, 0.15) is 18.5 Å². The van der Waals surface area contributed by atoms with E-state index in [0.717, 1.165) is 62.7 Å². The van der Waals surface area contributed by atoms with Crippen LogP contribution in [0.1, 0.15) is 63.4 Å². The van der Waals surface area contributed by atoms with Crippen molar-refractivity contribution < 1.29 is 33.3 Å². The highest BCUT2D eigenvalue weighted by Gasteiger charge is 2.52. The Morgan fingerprint density at radius 2 is 1.85 bits per heavy atom. The number of aliphatic carboxylic acids is 1. The molecule has 3 fully saturated rings. The predicted octanol–water partition coefficient (Wildman–Crippen LogP) is 5.68. The fourth-order valence-corrected chi connectivity index (χ4v) is 11.4. The molecule has 2 aliphatic heterocycles. The highest BCUT2D eigenvalue weighted by Crippen LogP contribution is 2.54. The quantitative estimate of drug-likeness (QED) is 0.116. The molecule has 1 aliphatic carbocycles. The molecule has 2 heterocycles. The Hall–Kier alpha value is -1.32. The van der Waals surface area contributed by atoms with Gasteiger partial charge in [0, 0.05) is 43.0 Å². The molecule has 3 aliphatic rings. The van der Waals surface area contributed by atoms with Crippen molar-refractivity contribution >= 4 is 49.1 Å². The van der Waals surface area contributed by atoms with E-state index < -0.39 is 31.6 Å². The molecular weight excluding hydrogens is 569 g/mol. The first-order valence-corrected chi connectivity index (χ1v) is 18.5. The van der Waals surface area contributed by atoms with Gasteiger partial charge in [0.15, 0.2) is 6.29 Å². The summed E-state index contributed by atoms with van der Waals surface area (Å²) in [6.45, 7) is 0.519. The number of hydrogen-bond acceptors (Lipinski definition) is 8. The molecule has 0 radical (unpaired) electrons. The maximum atomic E-state index is 14.5. The normalized spacial score (nSPS) is 23.2. The third-order valence-electron chi connectivity index (χ3n) is 7.99. The van der Waals surface area contributed by atoms with Crippen LogP contribution in [0.3, 0.4) is 0 Å². The maximum Gasteiger partial charge on any atom is 0.326 e. The summed E-state index contributed by atoms with van der Waals surface area (Å²) in [5.74, 6) is 0.487. The number of ether oxygens (including phenoxy) is 1. The van der Waals surface area contributed by atoms with Crippen molar-refractivity contribution in [3.63, 3.8) is 0 Å². The number of carbonyl (C=O) groups is 3. The number of amides is 1. The Morgan fingerprint density at radius 3 is 2.52 bits per heavy atom. The zero-order chi connectivity index (χ0) is 28.4. The number of nitrogens with zero attached hydrogens (tertiary/aromatic N) is 1. The van der Waals surface area contributed by atoms with Gasteiger partial charge in [-0.25, -0.2) is 4.79 Å². The van der Waals surface area contributed by atoms with Crippen LogP contribution in [0.5, 0.6) is 0 Å². The fourth-order valence-electron chi connectivity index (χ4n) is 5.90. The van der Waals surface area contributed by atoms with Gasteiger partial charge in [0.2, 0.25) is 13.3 Å². The molecule has 2 unspecified atom stereocenters. The van der Waals surface area contributed by atoms with Crippen LogP contribution in [-0.2, 0) is 34.6 Å². The zero-order valence-corrected chi connectivity index (χ0v) is 25.6. The number of benzene rings is 1. The van der Waals surface area contributed by atoms with E-state index in [2.05, 4.69) is 12.1 Å². The number of thioether (sulfide) groups is 2. The molecule has 2 saturated heterocycles. The van der Waals surface area contributed by atoms with Crippen molar-refractivity contribution in [3.05, 3.63) is 35.9 Å². The van der Waals surface area contributed by atoms with Gasteiger partial charge in [0.25, 0.3) is 0 Å². The van der Waals surface area contributed by atoms with Crippen molar-refractivity contribution in [2.24, 2.45) is 5.92 Å². The molecule has 222 valence electrons. The van der Waals surface area contributed by atoms with Gasteiger partial charge in [-0.05, 0) is 37.7 Å². The number of hydrogen-bond donors (Lipinski definition) is 1. The van der Waals surface area contributed by atoms with Crippen LogP contribution in [0.4, 0.5) is 0 Å². The van der Waals surface area contributed by atoms with Crippen LogP contribution in [-0.4, -0.2) is 81.6 Å². The zero-order valence-electron chi connectivity index (χ0n) is 23.1. The SMILES string of the molecule is O=CCCO[C@@H](OP(=O)(CCCCc1ccccc1)CC(=O)N1CC2(CC1C(=O)O)SCCS2)C1CCCCC1. The second kappa shape index (κ2) is 15.2. The van der Waals surface area contributed by atoms with Crippen LogP contribution < -0.4 is 0 Å². The van der Waals surface area contributed by atoms with E-state index >= 15 is 0 Å². The fraction of sp³-hybridized carbons (Fsp3) is 0.690. The number of aryl methyl sites for hydroxylation is 1. The summed E-state index contributed by atoms with van der Waals surface area (Å²) in [4.78, 5) is 38.2. The Morgan fingerprint density at radius 1 is 1.12 bits per heavy atom. The van der Waals surface area contributed by atoms with Crippen molar-refractivity contribution in [3.8, 4) is 0 Å². The molecule has 8 nitrogen and oxygen atoms in total. The van der Waals surface area contributed by atoms with Crippen LogP contribution >= 0.6 is 30.9 Å². The lowest BCUT2D eigenvalue weighted by Crippen LogP contribution is -2.42. The third kappa shape index (κ3) is 8.84. The molecule has 1 saturated carbocycles. The number of rotatable bonds is 15. The summed E-state index contributed by atoms with van der Waals surface area (Å²) in [7, 11) is -3.53. The van der Waals surface area contributed by atoms with Gasteiger partial charge in [-0.3, -0.25) is 13.9 Å². The average Bonchev–Trinajstić information content (AvgIpc) is 3.59. The Bertz CT molecular complexity index is 1030. The van der Waals surface area contributed by atoms with Gasteiger partial charge in [0.05, 0.1) is 10.7 Å². The van der Waals surface area contributed by atoms with E-state index in [4.69, 9.17) is 9.26 Å². The number of carboxylic acids is 1. The summed E-state index contributed by atoms with van der Waals surface area (Å²) in [6, 6.07) is 9.17. The Balaban J connectivity index is 1.48. The first-order chi connectivity index (χ1) is 19.3. The maximum absolute atomic E-state index is 14.5. The molecule has 0 aromatic heterocycles. The number of aldehydes is 1. The molecule has 1 amide bonds. The highest BCUT2D eigenvalue weighted by atomic mass is 32.2. The number of unbranched alkanes of at least 4 members (excludes halogenated alkanes) is 1. The first kappa shape index (κ1) is 31.6. The molecule has 11 heteroatoms. The van der Waals surface area contributed by atoms with Crippen molar-refractivity contribution in [1.82, 2.24) is 4.90 Å². The highest BCUT2D eigenvalue weighted by molar-refractivity contribution is 8.21. The predicted molar refractivity (Wildman–Crippen MR) is 160 cm³/mol. The minimum absolute atomic E-state index is 0.0567. The van der Waals surface area contributed by atoms with Gasteiger partial charge in [-0.1, -0.05) is 49.6 Å². The largest absolute Gasteiger partial charge is 0.480 e. The monoisotopic (exact) mass is 611 g/mol. The third-order valence-corrected chi connectivity index (χ3v) is 13.8. The summed E-state index contributed by atoms with van der Waals surface area (Å²) in [5, 5.41) is 9.93. The Labute approximate surface area is 246 Å². The lowest BCUT2D eigenvalue weighted by atomic mass is 9.89. The second-order valence-electron chi connectivity index (χ2n) is 11.0. The number of likely N-dealkylation sites (tertiary alicyclic amines) is 1. The minimum atomic E-state index is -3.53. The molecule has 1 aromatic carbocycles. The van der Waals surface area contributed by atoms with Crippen LogP contribution in [0.2, 0.25) is 0 Å². The molecular formula is C29H42NO7PS2. The smallest absolute Gasteiger partial charge is 0.326 e. The van der Waals surface area contributed by atoms with Crippen molar-refractivity contribution in [2.45, 2.75) is 80.6 Å². The summed E-state index contributed by atoms with van der Waals surface area (Å²) >= 11 is 3.45. The first-order valence-electron chi connectivity index (χ1n) is 14.5. The van der Waals surface area contributed by atoms with E-state index in [-0.39, 0.29) is 35.3 Å². The molecule has 1 spiro atoms. The molecule has 0 bridgehead atoms. The van der Waals surface area contributed by atoms with Crippen LogP contribution in [0, 0.1) is 5.92 Å². The Kier molecular flexibility index (Phi) is 12.0. The molecule has 4 rings (SSSR count). The van der Waals surface area contributed by atoms with Gasteiger partial charge in [-0.15, -0.1) is 23.5 Å². The van der Waals surface area contributed by atoms with E-state index in [9.17, 15) is 24.1 Å². The molecule has 1 aromatic rings. The second-order valence-corrected chi connectivity index (χ2v) is 16.8. The minimum Gasteiger partial charge on any atom is -0.480 e.